The van der Waals surface area contributed by atoms with Gasteiger partial charge in [-0.1, -0.05) is 11.6 Å². The van der Waals surface area contributed by atoms with Gasteiger partial charge in [0.1, 0.15) is 12.1 Å². The number of hydrogen-bond acceptors (Lipinski definition) is 6. The van der Waals surface area contributed by atoms with Crippen molar-refractivity contribution < 1.29 is 9.53 Å². The van der Waals surface area contributed by atoms with Crippen molar-refractivity contribution in [1.29, 1.82) is 0 Å². The topological polar surface area (TPSA) is 89.9 Å². The summed E-state index contributed by atoms with van der Waals surface area (Å²) in [6, 6.07) is 6.42. The monoisotopic (exact) mass is 341 g/mol. The SMILES string of the molecule is Cc1ccnc(NC(=O)c2cc(Cl)cc(Oc3cncnc3)c2)n1. The van der Waals surface area contributed by atoms with E-state index in [1.165, 1.54) is 24.8 Å². The van der Waals surface area contributed by atoms with Crippen LogP contribution >= 0.6 is 11.6 Å². The highest BCUT2D eigenvalue weighted by molar-refractivity contribution is 6.31. The average molecular weight is 342 g/mol. The average Bonchev–Trinajstić information content (AvgIpc) is 2.55. The molecule has 2 aromatic heterocycles. The minimum atomic E-state index is -0.391. The van der Waals surface area contributed by atoms with Gasteiger partial charge in [0.2, 0.25) is 5.95 Å². The normalized spacial score (nSPS) is 10.2. The summed E-state index contributed by atoms with van der Waals surface area (Å²) < 4.78 is 5.60. The van der Waals surface area contributed by atoms with Crippen molar-refractivity contribution in [2.45, 2.75) is 6.92 Å². The molecule has 0 saturated heterocycles. The first-order valence-corrected chi connectivity index (χ1v) is 7.32. The Kier molecular flexibility index (Phi) is 4.62. The molecule has 120 valence electrons. The summed E-state index contributed by atoms with van der Waals surface area (Å²) in [4.78, 5) is 28.2. The van der Waals surface area contributed by atoms with Crippen LogP contribution in [0, 0.1) is 6.92 Å². The van der Waals surface area contributed by atoms with Gasteiger partial charge in [-0.05, 0) is 31.2 Å². The lowest BCUT2D eigenvalue weighted by molar-refractivity contribution is 0.102. The lowest BCUT2D eigenvalue weighted by atomic mass is 10.2. The van der Waals surface area contributed by atoms with Crippen molar-refractivity contribution in [3.05, 3.63) is 65.5 Å². The van der Waals surface area contributed by atoms with Gasteiger partial charge in [0.05, 0.1) is 12.4 Å². The number of carbonyl (C=O) groups excluding carboxylic acids is 1. The van der Waals surface area contributed by atoms with Crippen molar-refractivity contribution in [3.8, 4) is 11.5 Å². The molecule has 0 aliphatic heterocycles. The Labute approximate surface area is 142 Å². The van der Waals surface area contributed by atoms with Crippen LogP contribution in [0.2, 0.25) is 5.02 Å². The molecule has 8 heteroatoms. The number of aromatic nitrogens is 4. The molecule has 0 unspecified atom stereocenters. The zero-order valence-electron chi connectivity index (χ0n) is 12.6. The van der Waals surface area contributed by atoms with Gasteiger partial charge in [0.25, 0.3) is 5.91 Å². The van der Waals surface area contributed by atoms with Gasteiger partial charge in [-0.3, -0.25) is 10.1 Å². The molecule has 0 radical (unpaired) electrons. The molecule has 0 saturated carbocycles. The Morgan fingerprint density at radius 1 is 1.17 bits per heavy atom. The zero-order valence-corrected chi connectivity index (χ0v) is 13.4. The van der Waals surface area contributed by atoms with Crippen LogP contribution in [0.25, 0.3) is 0 Å². The largest absolute Gasteiger partial charge is 0.454 e. The number of nitrogens with zero attached hydrogens (tertiary/aromatic N) is 4. The van der Waals surface area contributed by atoms with Crippen LogP contribution in [-0.4, -0.2) is 25.8 Å². The third-order valence-corrected chi connectivity index (χ3v) is 3.14. The summed E-state index contributed by atoms with van der Waals surface area (Å²) in [6.07, 6.45) is 5.98. The molecule has 1 aromatic carbocycles. The molecule has 7 nitrogen and oxygen atoms in total. The number of anilines is 1. The van der Waals surface area contributed by atoms with Gasteiger partial charge in [0.15, 0.2) is 5.75 Å². The molecule has 1 amide bonds. The minimum absolute atomic E-state index is 0.221. The number of aryl methyl sites for hydroxylation is 1. The quantitative estimate of drug-likeness (QED) is 0.783. The van der Waals surface area contributed by atoms with Gasteiger partial charge in [-0.25, -0.2) is 19.9 Å². The van der Waals surface area contributed by atoms with E-state index < -0.39 is 5.91 Å². The third kappa shape index (κ3) is 4.02. The number of nitrogens with one attached hydrogen (secondary N) is 1. The summed E-state index contributed by atoms with van der Waals surface area (Å²) in [5.74, 6) is 0.664. The third-order valence-electron chi connectivity index (χ3n) is 2.93. The van der Waals surface area contributed by atoms with Crippen LogP contribution in [-0.2, 0) is 0 Å². The van der Waals surface area contributed by atoms with Gasteiger partial charge < -0.3 is 4.74 Å². The molecule has 0 aliphatic carbocycles. The number of rotatable bonds is 4. The van der Waals surface area contributed by atoms with Gasteiger partial charge in [-0.15, -0.1) is 0 Å². The van der Waals surface area contributed by atoms with E-state index in [2.05, 4.69) is 25.3 Å². The van der Waals surface area contributed by atoms with Crippen LogP contribution in [0.5, 0.6) is 11.5 Å². The fraction of sp³-hybridized carbons (Fsp3) is 0.0625. The predicted octanol–water partition coefficient (Wildman–Crippen LogP) is 3.27. The van der Waals surface area contributed by atoms with Crippen LogP contribution in [0.1, 0.15) is 16.1 Å². The first kappa shape index (κ1) is 15.8. The second-order valence-corrected chi connectivity index (χ2v) is 5.26. The summed E-state index contributed by atoms with van der Waals surface area (Å²) in [7, 11) is 0. The molecular weight excluding hydrogens is 330 g/mol. The van der Waals surface area contributed by atoms with E-state index in [0.29, 0.717) is 22.1 Å². The van der Waals surface area contributed by atoms with Crippen molar-refractivity contribution in [3.63, 3.8) is 0 Å². The fourth-order valence-corrected chi connectivity index (χ4v) is 2.13. The Morgan fingerprint density at radius 3 is 2.71 bits per heavy atom. The fourth-order valence-electron chi connectivity index (χ4n) is 1.91. The maximum absolute atomic E-state index is 12.4. The molecule has 0 atom stereocenters. The second-order valence-electron chi connectivity index (χ2n) is 4.83. The molecule has 24 heavy (non-hydrogen) atoms. The molecule has 3 rings (SSSR count). The molecular formula is C16H12ClN5O2. The van der Waals surface area contributed by atoms with Gasteiger partial charge in [-0.2, -0.15) is 0 Å². The number of benzene rings is 1. The Hall–Kier alpha value is -3.06. The summed E-state index contributed by atoms with van der Waals surface area (Å²) >= 11 is 6.07. The molecule has 0 spiro atoms. The Balaban J connectivity index is 1.81. The van der Waals surface area contributed by atoms with Gasteiger partial charge >= 0.3 is 0 Å². The molecule has 1 N–H and O–H groups in total. The summed E-state index contributed by atoms with van der Waals surface area (Å²) in [5.41, 5.74) is 1.07. The number of carbonyl (C=O) groups is 1. The van der Waals surface area contributed by atoms with Crippen molar-refractivity contribution in [1.82, 2.24) is 19.9 Å². The van der Waals surface area contributed by atoms with Crippen molar-refractivity contribution >= 4 is 23.5 Å². The molecule has 3 aromatic rings. The van der Waals surface area contributed by atoms with E-state index in [4.69, 9.17) is 16.3 Å². The maximum Gasteiger partial charge on any atom is 0.258 e. The van der Waals surface area contributed by atoms with E-state index in [1.54, 1.807) is 24.4 Å². The maximum atomic E-state index is 12.4. The Morgan fingerprint density at radius 2 is 1.96 bits per heavy atom. The van der Waals surface area contributed by atoms with E-state index in [-0.39, 0.29) is 5.95 Å². The van der Waals surface area contributed by atoms with Crippen LogP contribution < -0.4 is 10.1 Å². The predicted molar refractivity (Wildman–Crippen MR) is 88.3 cm³/mol. The standard InChI is InChI=1S/C16H12ClN5O2/c1-10-2-3-20-16(21-10)22-15(23)11-4-12(17)6-13(5-11)24-14-7-18-9-19-8-14/h2-9H,1H3,(H,20,21,22,23). The first-order chi connectivity index (χ1) is 11.6. The van der Waals surface area contributed by atoms with Crippen molar-refractivity contribution in [2.75, 3.05) is 5.32 Å². The summed E-state index contributed by atoms with van der Waals surface area (Å²) in [5, 5.41) is 2.98. The highest BCUT2D eigenvalue weighted by Gasteiger charge is 2.11. The highest BCUT2D eigenvalue weighted by Crippen LogP contribution is 2.25. The molecule has 0 bridgehead atoms. The number of amides is 1. The van der Waals surface area contributed by atoms with Gasteiger partial charge in [0, 0.05) is 22.5 Å². The number of ether oxygens (including phenoxy) is 1. The minimum Gasteiger partial charge on any atom is -0.454 e. The number of hydrogen-bond donors (Lipinski definition) is 1. The van der Waals surface area contributed by atoms with Crippen molar-refractivity contribution in [2.24, 2.45) is 0 Å². The molecule has 0 aliphatic rings. The zero-order chi connectivity index (χ0) is 16.9. The Bertz CT molecular complexity index is 873. The van der Waals surface area contributed by atoms with E-state index >= 15 is 0 Å². The van der Waals surface area contributed by atoms with E-state index in [1.807, 2.05) is 6.92 Å². The van der Waals surface area contributed by atoms with E-state index in [0.717, 1.165) is 5.69 Å². The highest BCUT2D eigenvalue weighted by atomic mass is 35.5. The van der Waals surface area contributed by atoms with E-state index in [9.17, 15) is 4.79 Å². The smallest absolute Gasteiger partial charge is 0.258 e. The summed E-state index contributed by atoms with van der Waals surface area (Å²) in [6.45, 7) is 1.81. The van der Waals surface area contributed by atoms with Crippen LogP contribution in [0.3, 0.4) is 0 Å². The second kappa shape index (κ2) is 7.01. The van der Waals surface area contributed by atoms with Crippen LogP contribution in [0.15, 0.2) is 49.2 Å². The first-order valence-electron chi connectivity index (χ1n) is 6.94. The van der Waals surface area contributed by atoms with Crippen LogP contribution in [0.4, 0.5) is 5.95 Å². The molecule has 0 fully saturated rings. The molecule has 2 heterocycles. The number of halogens is 1. The lowest BCUT2D eigenvalue weighted by Gasteiger charge is -2.08. The lowest BCUT2D eigenvalue weighted by Crippen LogP contribution is -2.14.